The minimum Gasteiger partial charge on any atom is -0.481 e. The van der Waals surface area contributed by atoms with E-state index in [9.17, 15) is 18.0 Å². The number of amides is 1. The molecule has 0 bridgehead atoms. The van der Waals surface area contributed by atoms with Crippen LogP contribution in [0.5, 0.6) is 5.75 Å². The highest BCUT2D eigenvalue weighted by molar-refractivity contribution is 6.31. The number of ether oxygens (including phenoxy) is 1. The first-order valence-corrected chi connectivity index (χ1v) is 7.91. The van der Waals surface area contributed by atoms with Crippen molar-refractivity contribution in [2.75, 3.05) is 0 Å². The lowest BCUT2D eigenvalue weighted by molar-refractivity contribution is -0.137. The second kappa shape index (κ2) is 7.78. The zero-order chi connectivity index (χ0) is 18.6. The van der Waals surface area contributed by atoms with Gasteiger partial charge >= 0.3 is 6.18 Å². The van der Waals surface area contributed by atoms with Gasteiger partial charge in [-0.25, -0.2) is 0 Å². The lowest BCUT2D eigenvalue weighted by atomic mass is 10.1. The number of benzene rings is 2. The van der Waals surface area contributed by atoms with Crippen LogP contribution in [-0.2, 0) is 17.5 Å². The molecule has 0 aromatic heterocycles. The molecule has 2 rings (SSSR count). The van der Waals surface area contributed by atoms with Crippen LogP contribution in [0, 0.1) is 6.92 Å². The number of nitrogens with one attached hydrogen (secondary N) is 1. The molecule has 1 unspecified atom stereocenters. The minimum atomic E-state index is -4.41. The van der Waals surface area contributed by atoms with Gasteiger partial charge in [0.2, 0.25) is 0 Å². The molecule has 0 aliphatic rings. The van der Waals surface area contributed by atoms with E-state index in [1.807, 2.05) is 6.92 Å². The van der Waals surface area contributed by atoms with Crippen LogP contribution in [-0.4, -0.2) is 12.0 Å². The Labute approximate surface area is 148 Å². The molecule has 1 N–H and O–H groups in total. The van der Waals surface area contributed by atoms with E-state index in [0.717, 1.165) is 17.7 Å². The summed E-state index contributed by atoms with van der Waals surface area (Å²) in [6.45, 7) is 3.36. The molecule has 0 saturated carbocycles. The summed E-state index contributed by atoms with van der Waals surface area (Å²) < 4.78 is 43.6. The SMILES string of the molecule is Cc1cc(OC(C)C(=O)NCc2cccc(C(F)(F)F)c2)ccc1Cl. The Kier molecular flexibility index (Phi) is 5.95. The van der Waals surface area contributed by atoms with E-state index in [1.54, 1.807) is 25.1 Å². The molecule has 25 heavy (non-hydrogen) atoms. The monoisotopic (exact) mass is 371 g/mol. The molecular formula is C18H17ClF3NO2. The fraction of sp³-hybridized carbons (Fsp3) is 0.278. The van der Waals surface area contributed by atoms with Crippen LogP contribution < -0.4 is 10.1 Å². The standard InChI is InChI=1S/C18H17ClF3NO2/c1-11-8-15(6-7-16(11)19)25-12(2)17(24)23-10-13-4-3-5-14(9-13)18(20,21)22/h3-9,12H,10H2,1-2H3,(H,23,24). The molecular weight excluding hydrogens is 355 g/mol. The molecule has 3 nitrogen and oxygen atoms in total. The molecule has 0 heterocycles. The van der Waals surface area contributed by atoms with Gasteiger partial charge in [-0.05, 0) is 55.3 Å². The van der Waals surface area contributed by atoms with E-state index in [4.69, 9.17) is 16.3 Å². The number of aryl methyl sites for hydroxylation is 1. The van der Waals surface area contributed by atoms with Gasteiger partial charge in [0.25, 0.3) is 5.91 Å². The van der Waals surface area contributed by atoms with Gasteiger partial charge in [0.05, 0.1) is 5.56 Å². The summed E-state index contributed by atoms with van der Waals surface area (Å²) in [7, 11) is 0. The zero-order valence-corrected chi connectivity index (χ0v) is 14.4. The van der Waals surface area contributed by atoms with Crippen LogP contribution in [0.3, 0.4) is 0 Å². The second-order valence-electron chi connectivity index (χ2n) is 5.59. The number of hydrogen-bond donors (Lipinski definition) is 1. The van der Waals surface area contributed by atoms with Crippen molar-refractivity contribution >= 4 is 17.5 Å². The van der Waals surface area contributed by atoms with E-state index in [1.165, 1.54) is 12.1 Å². The third-order valence-electron chi connectivity index (χ3n) is 3.53. The summed E-state index contributed by atoms with van der Waals surface area (Å²) in [6.07, 6.45) is -5.21. The summed E-state index contributed by atoms with van der Waals surface area (Å²) in [5.41, 5.74) is 0.425. The van der Waals surface area contributed by atoms with Gasteiger partial charge in [0.1, 0.15) is 5.75 Å². The van der Waals surface area contributed by atoms with Gasteiger partial charge in [-0.3, -0.25) is 4.79 Å². The average Bonchev–Trinajstić information content (AvgIpc) is 2.55. The van der Waals surface area contributed by atoms with E-state index in [0.29, 0.717) is 16.3 Å². The van der Waals surface area contributed by atoms with E-state index < -0.39 is 23.8 Å². The van der Waals surface area contributed by atoms with Gasteiger partial charge in [-0.15, -0.1) is 0 Å². The molecule has 0 spiro atoms. The van der Waals surface area contributed by atoms with Gasteiger partial charge in [-0.2, -0.15) is 13.2 Å². The first kappa shape index (κ1) is 19.1. The first-order valence-electron chi connectivity index (χ1n) is 7.53. The highest BCUT2D eigenvalue weighted by Crippen LogP contribution is 2.29. The molecule has 134 valence electrons. The molecule has 0 saturated heterocycles. The zero-order valence-electron chi connectivity index (χ0n) is 13.7. The Morgan fingerprint density at radius 1 is 1.24 bits per heavy atom. The Hall–Kier alpha value is -2.21. The molecule has 0 radical (unpaired) electrons. The van der Waals surface area contributed by atoms with Crippen LogP contribution in [0.15, 0.2) is 42.5 Å². The molecule has 0 fully saturated rings. The van der Waals surface area contributed by atoms with E-state index >= 15 is 0 Å². The van der Waals surface area contributed by atoms with Crippen molar-refractivity contribution < 1.29 is 22.7 Å². The van der Waals surface area contributed by atoms with Gasteiger partial charge in [-0.1, -0.05) is 23.7 Å². The minimum absolute atomic E-state index is 0.0178. The number of hydrogen-bond acceptors (Lipinski definition) is 2. The molecule has 2 aromatic rings. The highest BCUT2D eigenvalue weighted by Gasteiger charge is 2.30. The maximum Gasteiger partial charge on any atom is 0.416 e. The van der Waals surface area contributed by atoms with Gasteiger partial charge in [0.15, 0.2) is 6.10 Å². The molecule has 0 aliphatic carbocycles. The van der Waals surface area contributed by atoms with Gasteiger partial charge < -0.3 is 10.1 Å². The molecule has 2 aromatic carbocycles. The van der Waals surface area contributed by atoms with Crippen LogP contribution in [0.4, 0.5) is 13.2 Å². The Balaban J connectivity index is 1.94. The Morgan fingerprint density at radius 3 is 2.60 bits per heavy atom. The normalized spacial score (nSPS) is 12.6. The quantitative estimate of drug-likeness (QED) is 0.823. The summed E-state index contributed by atoms with van der Waals surface area (Å²) in [6, 6.07) is 9.84. The van der Waals surface area contributed by atoms with Gasteiger partial charge in [0, 0.05) is 11.6 Å². The van der Waals surface area contributed by atoms with Crippen molar-refractivity contribution in [3.63, 3.8) is 0 Å². The van der Waals surface area contributed by atoms with Crippen LogP contribution >= 0.6 is 11.6 Å². The summed E-state index contributed by atoms with van der Waals surface area (Å²) in [4.78, 5) is 12.1. The largest absolute Gasteiger partial charge is 0.481 e. The second-order valence-corrected chi connectivity index (χ2v) is 5.99. The van der Waals surface area contributed by atoms with Crippen LogP contribution in [0.25, 0.3) is 0 Å². The molecule has 1 amide bonds. The van der Waals surface area contributed by atoms with Crippen molar-refractivity contribution in [3.05, 3.63) is 64.2 Å². The fourth-order valence-electron chi connectivity index (χ4n) is 2.14. The van der Waals surface area contributed by atoms with E-state index in [-0.39, 0.29) is 6.54 Å². The van der Waals surface area contributed by atoms with Crippen molar-refractivity contribution in [3.8, 4) is 5.75 Å². The molecule has 7 heteroatoms. The third kappa shape index (κ3) is 5.39. The maximum absolute atomic E-state index is 12.7. The lowest BCUT2D eigenvalue weighted by Gasteiger charge is -2.16. The Morgan fingerprint density at radius 2 is 1.96 bits per heavy atom. The number of halogens is 4. The highest BCUT2D eigenvalue weighted by atomic mass is 35.5. The van der Waals surface area contributed by atoms with Crippen molar-refractivity contribution in [2.45, 2.75) is 32.7 Å². The fourth-order valence-corrected chi connectivity index (χ4v) is 2.26. The average molecular weight is 372 g/mol. The smallest absolute Gasteiger partial charge is 0.416 e. The summed E-state index contributed by atoms with van der Waals surface area (Å²) >= 11 is 5.93. The van der Waals surface area contributed by atoms with Crippen molar-refractivity contribution in [2.24, 2.45) is 0 Å². The number of alkyl halides is 3. The summed E-state index contributed by atoms with van der Waals surface area (Å²) in [5, 5.41) is 3.16. The summed E-state index contributed by atoms with van der Waals surface area (Å²) in [5.74, 6) is 0.0635. The number of rotatable bonds is 5. The predicted molar refractivity (Wildman–Crippen MR) is 89.6 cm³/mol. The number of carbonyl (C=O) groups excluding carboxylic acids is 1. The van der Waals surface area contributed by atoms with E-state index in [2.05, 4.69) is 5.32 Å². The lowest BCUT2D eigenvalue weighted by Crippen LogP contribution is -2.35. The van der Waals surface area contributed by atoms with Crippen LogP contribution in [0.1, 0.15) is 23.6 Å². The topological polar surface area (TPSA) is 38.3 Å². The predicted octanol–water partition coefficient (Wildman–Crippen LogP) is 4.75. The Bertz CT molecular complexity index is 762. The molecule has 0 aliphatic heterocycles. The third-order valence-corrected chi connectivity index (χ3v) is 3.96. The van der Waals surface area contributed by atoms with Crippen LogP contribution in [0.2, 0.25) is 5.02 Å². The molecule has 1 atom stereocenters. The number of carbonyl (C=O) groups is 1. The van der Waals surface area contributed by atoms with Crippen molar-refractivity contribution in [1.29, 1.82) is 0 Å². The first-order chi connectivity index (χ1) is 11.7. The maximum atomic E-state index is 12.7. The van der Waals surface area contributed by atoms with Crippen molar-refractivity contribution in [1.82, 2.24) is 5.32 Å².